The van der Waals surface area contributed by atoms with E-state index >= 15 is 0 Å². The Morgan fingerprint density at radius 3 is 2.57 bits per heavy atom. The standard InChI is InChI=1S/C15H19F3N2O2S/c1-8-19-13(15(16,17)18)12(23-8)7-20-4-2-9(3-5-20)10-6-11(10)14(21)22/h9-11H,2-7H2,1H3,(H,21,22)/t10-,11+/m0/s1. The number of likely N-dealkylation sites (tertiary alicyclic amines) is 1. The number of nitrogens with zero attached hydrogens (tertiary/aromatic N) is 2. The molecule has 1 aliphatic carbocycles. The number of aryl methyl sites for hydroxylation is 1. The zero-order valence-electron chi connectivity index (χ0n) is 12.8. The predicted molar refractivity (Wildman–Crippen MR) is 79.1 cm³/mol. The van der Waals surface area contributed by atoms with Crippen LogP contribution in [0.15, 0.2) is 0 Å². The van der Waals surface area contributed by atoms with E-state index in [1.54, 1.807) is 6.92 Å². The SMILES string of the molecule is Cc1nc(C(F)(F)F)c(CN2CCC([C@@H]3C[C@H]3C(=O)O)CC2)s1. The van der Waals surface area contributed by atoms with Crippen molar-refractivity contribution in [2.75, 3.05) is 13.1 Å². The largest absolute Gasteiger partial charge is 0.481 e. The van der Waals surface area contributed by atoms with Gasteiger partial charge in [0, 0.05) is 6.54 Å². The second-order valence-corrected chi connectivity index (χ2v) is 7.75. The first-order valence-corrected chi connectivity index (χ1v) is 8.56. The highest BCUT2D eigenvalue weighted by molar-refractivity contribution is 7.11. The maximum absolute atomic E-state index is 13.0. The summed E-state index contributed by atoms with van der Waals surface area (Å²) in [6, 6.07) is 0. The van der Waals surface area contributed by atoms with E-state index in [1.807, 2.05) is 4.90 Å². The molecule has 2 fully saturated rings. The van der Waals surface area contributed by atoms with Gasteiger partial charge in [0.1, 0.15) is 0 Å². The molecule has 1 saturated heterocycles. The van der Waals surface area contributed by atoms with E-state index in [0.29, 0.717) is 10.9 Å². The molecule has 1 aromatic rings. The van der Waals surface area contributed by atoms with Crippen LogP contribution in [0.5, 0.6) is 0 Å². The lowest BCUT2D eigenvalue weighted by Crippen LogP contribution is -2.34. The van der Waals surface area contributed by atoms with Crippen molar-refractivity contribution in [1.82, 2.24) is 9.88 Å². The molecular formula is C15H19F3N2O2S. The summed E-state index contributed by atoms with van der Waals surface area (Å²) >= 11 is 1.11. The monoisotopic (exact) mass is 348 g/mol. The quantitative estimate of drug-likeness (QED) is 0.906. The first-order chi connectivity index (χ1) is 10.8. The summed E-state index contributed by atoms with van der Waals surface area (Å²) < 4.78 is 38.9. The van der Waals surface area contributed by atoms with Crippen molar-refractivity contribution in [2.45, 2.75) is 38.9 Å². The Bertz CT molecular complexity index is 594. The number of piperidine rings is 1. The van der Waals surface area contributed by atoms with E-state index in [0.717, 1.165) is 43.7 Å². The van der Waals surface area contributed by atoms with E-state index < -0.39 is 17.8 Å². The molecule has 0 aromatic carbocycles. The molecule has 2 heterocycles. The van der Waals surface area contributed by atoms with Crippen LogP contribution in [-0.4, -0.2) is 34.0 Å². The molecule has 4 nitrogen and oxygen atoms in total. The van der Waals surface area contributed by atoms with E-state index in [1.165, 1.54) is 0 Å². The van der Waals surface area contributed by atoms with Gasteiger partial charge in [0.05, 0.1) is 15.8 Å². The Morgan fingerprint density at radius 1 is 1.39 bits per heavy atom. The number of hydrogen-bond acceptors (Lipinski definition) is 4. The minimum atomic E-state index is -4.40. The van der Waals surface area contributed by atoms with Crippen LogP contribution in [0.3, 0.4) is 0 Å². The van der Waals surface area contributed by atoms with Crippen molar-refractivity contribution < 1.29 is 23.1 Å². The fraction of sp³-hybridized carbons (Fsp3) is 0.733. The van der Waals surface area contributed by atoms with Gasteiger partial charge in [-0.2, -0.15) is 13.2 Å². The Balaban J connectivity index is 1.57. The van der Waals surface area contributed by atoms with Crippen LogP contribution in [0, 0.1) is 24.7 Å². The molecule has 3 rings (SSSR count). The maximum atomic E-state index is 13.0. The Labute approximate surface area is 136 Å². The number of rotatable bonds is 4. The van der Waals surface area contributed by atoms with Crippen LogP contribution in [0.1, 0.15) is 34.8 Å². The van der Waals surface area contributed by atoms with Crippen molar-refractivity contribution in [3.05, 3.63) is 15.6 Å². The average molecular weight is 348 g/mol. The highest BCUT2D eigenvalue weighted by Crippen LogP contribution is 2.48. The lowest BCUT2D eigenvalue weighted by molar-refractivity contribution is -0.141. The summed E-state index contributed by atoms with van der Waals surface area (Å²) in [6.07, 6.45) is -1.91. The number of carboxylic acid groups (broad SMARTS) is 1. The van der Waals surface area contributed by atoms with Crippen LogP contribution in [-0.2, 0) is 17.5 Å². The molecule has 8 heteroatoms. The van der Waals surface area contributed by atoms with Crippen molar-refractivity contribution in [3.8, 4) is 0 Å². The number of alkyl halides is 3. The van der Waals surface area contributed by atoms with Crippen LogP contribution in [0.4, 0.5) is 13.2 Å². The van der Waals surface area contributed by atoms with Crippen molar-refractivity contribution >= 4 is 17.3 Å². The third kappa shape index (κ3) is 3.68. The summed E-state index contributed by atoms with van der Waals surface area (Å²) in [5.41, 5.74) is -0.754. The number of carboxylic acids is 1. The molecule has 0 amide bonds. The molecule has 1 saturated carbocycles. The van der Waals surface area contributed by atoms with Crippen molar-refractivity contribution in [2.24, 2.45) is 17.8 Å². The molecule has 0 radical (unpaired) electrons. The molecule has 2 aliphatic rings. The minimum absolute atomic E-state index is 0.201. The summed E-state index contributed by atoms with van der Waals surface area (Å²) in [5, 5.41) is 9.42. The fourth-order valence-corrected chi connectivity index (χ4v) is 4.56. The van der Waals surface area contributed by atoms with Gasteiger partial charge in [-0.25, -0.2) is 4.98 Å². The van der Waals surface area contributed by atoms with E-state index in [-0.39, 0.29) is 23.3 Å². The van der Waals surface area contributed by atoms with Crippen molar-refractivity contribution in [3.63, 3.8) is 0 Å². The smallest absolute Gasteiger partial charge is 0.434 e. The highest BCUT2D eigenvalue weighted by Gasteiger charge is 2.48. The Morgan fingerprint density at radius 2 is 2.04 bits per heavy atom. The number of aromatic nitrogens is 1. The zero-order valence-corrected chi connectivity index (χ0v) is 13.6. The highest BCUT2D eigenvalue weighted by atomic mass is 32.1. The third-order valence-electron chi connectivity index (χ3n) is 4.83. The molecular weight excluding hydrogens is 329 g/mol. The number of halogens is 3. The molecule has 2 atom stereocenters. The second-order valence-electron chi connectivity index (χ2n) is 6.46. The van der Waals surface area contributed by atoms with E-state index in [9.17, 15) is 18.0 Å². The topological polar surface area (TPSA) is 53.4 Å². The Kier molecular flexibility index (Phi) is 4.39. The summed E-state index contributed by atoms with van der Waals surface area (Å²) in [4.78, 5) is 16.9. The number of aliphatic carboxylic acids is 1. The third-order valence-corrected chi connectivity index (χ3v) is 5.79. The van der Waals surface area contributed by atoms with Gasteiger partial charge in [-0.15, -0.1) is 11.3 Å². The van der Waals surface area contributed by atoms with Gasteiger partial charge < -0.3 is 5.11 Å². The first-order valence-electron chi connectivity index (χ1n) is 7.74. The molecule has 1 N–H and O–H groups in total. The summed E-state index contributed by atoms with van der Waals surface area (Å²) in [6.45, 7) is 3.32. The lowest BCUT2D eigenvalue weighted by atomic mass is 9.91. The lowest BCUT2D eigenvalue weighted by Gasteiger charge is -2.32. The molecule has 0 spiro atoms. The first kappa shape index (κ1) is 16.7. The van der Waals surface area contributed by atoms with Crippen LogP contribution in [0.2, 0.25) is 0 Å². The summed E-state index contributed by atoms with van der Waals surface area (Å²) in [5.74, 6) is -0.247. The maximum Gasteiger partial charge on any atom is 0.434 e. The fourth-order valence-electron chi connectivity index (χ4n) is 3.56. The second kappa shape index (κ2) is 6.05. The number of hydrogen-bond donors (Lipinski definition) is 1. The predicted octanol–water partition coefficient (Wildman–Crippen LogP) is 3.40. The van der Waals surface area contributed by atoms with Gasteiger partial charge in [0.15, 0.2) is 5.69 Å². The summed E-state index contributed by atoms with van der Waals surface area (Å²) in [7, 11) is 0. The molecule has 0 bridgehead atoms. The van der Waals surface area contributed by atoms with Gasteiger partial charge in [-0.1, -0.05) is 0 Å². The van der Waals surface area contributed by atoms with E-state index in [4.69, 9.17) is 5.11 Å². The van der Waals surface area contributed by atoms with Crippen LogP contribution < -0.4 is 0 Å². The van der Waals surface area contributed by atoms with Gasteiger partial charge in [-0.3, -0.25) is 9.69 Å². The zero-order chi connectivity index (χ0) is 16.8. The van der Waals surface area contributed by atoms with Gasteiger partial charge in [-0.05, 0) is 51.1 Å². The number of thiazole rings is 1. The average Bonchev–Trinajstić information content (AvgIpc) is 3.17. The van der Waals surface area contributed by atoms with Crippen LogP contribution >= 0.6 is 11.3 Å². The van der Waals surface area contributed by atoms with Gasteiger partial charge in [0.2, 0.25) is 0 Å². The molecule has 1 aliphatic heterocycles. The molecule has 0 unspecified atom stereocenters. The van der Waals surface area contributed by atoms with Gasteiger partial charge >= 0.3 is 12.1 Å². The van der Waals surface area contributed by atoms with Crippen molar-refractivity contribution in [1.29, 1.82) is 0 Å². The molecule has 23 heavy (non-hydrogen) atoms. The molecule has 1 aromatic heterocycles. The van der Waals surface area contributed by atoms with Gasteiger partial charge in [0.25, 0.3) is 0 Å². The van der Waals surface area contributed by atoms with E-state index in [2.05, 4.69) is 4.98 Å². The normalized spacial score (nSPS) is 26.4. The minimum Gasteiger partial charge on any atom is -0.481 e. The number of carbonyl (C=O) groups is 1. The Hall–Kier alpha value is -1.15. The van der Waals surface area contributed by atoms with Crippen LogP contribution in [0.25, 0.3) is 0 Å². The molecule has 128 valence electrons.